The van der Waals surface area contributed by atoms with Crippen LogP contribution in [0.3, 0.4) is 0 Å². The van der Waals surface area contributed by atoms with E-state index in [2.05, 4.69) is 70.8 Å². The van der Waals surface area contributed by atoms with Gasteiger partial charge in [-0.25, -0.2) is 0 Å². The minimum absolute atomic E-state index is 0.317. The monoisotopic (exact) mass is 324 g/mol. The molecule has 1 heterocycles. The molecule has 1 saturated heterocycles. The highest BCUT2D eigenvalue weighted by atomic mass is 79.9. The van der Waals surface area contributed by atoms with Gasteiger partial charge in [-0.05, 0) is 44.9 Å². The van der Waals surface area contributed by atoms with Gasteiger partial charge in [0, 0.05) is 42.7 Å². The molecule has 1 aliphatic heterocycles. The summed E-state index contributed by atoms with van der Waals surface area (Å²) in [5.41, 5.74) is 1.75. The molecule has 106 valence electrons. The summed E-state index contributed by atoms with van der Waals surface area (Å²) >= 11 is 3.48. The summed E-state index contributed by atoms with van der Waals surface area (Å²) in [6.45, 7) is 12.9. The molecular formula is C16H25BrN2. The normalized spacial score (nSPS) is 18.7. The zero-order valence-corrected chi connectivity index (χ0v) is 13.9. The number of rotatable bonds is 3. The van der Waals surface area contributed by atoms with Crippen LogP contribution in [0.15, 0.2) is 28.7 Å². The molecule has 1 fully saturated rings. The quantitative estimate of drug-likeness (QED) is 0.840. The third-order valence-electron chi connectivity index (χ3n) is 3.95. The second-order valence-electron chi connectivity index (χ2n) is 6.38. The maximum absolute atomic E-state index is 3.48. The summed E-state index contributed by atoms with van der Waals surface area (Å²) in [5.74, 6) is 0. The largest absolute Gasteiger partial charge is 0.300 e. The number of hydrogen-bond acceptors (Lipinski definition) is 2. The van der Waals surface area contributed by atoms with Crippen LogP contribution >= 0.6 is 15.9 Å². The van der Waals surface area contributed by atoms with E-state index >= 15 is 0 Å². The predicted molar refractivity (Wildman–Crippen MR) is 85.6 cm³/mol. The fourth-order valence-electron chi connectivity index (χ4n) is 2.58. The topological polar surface area (TPSA) is 6.48 Å². The van der Waals surface area contributed by atoms with E-state index in [1.807, 2.05) is 0 Å². The van der Waals surface area contributed by atoms with Crippen LogP contribution in [0.2, 0.25) is 0 Å². The van der Waals surface area contributed by atoms with E-state index in [-0.39, 0.29) is 0 Å². The summed E-state index contributed by atoms with van der Waals surface area (Å²) in [7, 11) is 0. The highest BCUT2D eigenvalue weighted by Gasteiger charge is 2.25. The lowest BCUT2D eigenvalue weighted by atomic mass is 10.0. The molecule has 0 aromatic heterocycles. The van der Waals surface area contributed by atoms with Gasteiger partial charge in [0.15, 0.2) is 0 Å². The van der Waals surface area contributed by atoms with Crippen LogP contribution in [-0.4, -0.2) is 48.1 Å². The van der Waals surface area contributed by atoms with Crippen molar-refractivity contribution in [1.82, 2.24) is 9.80 Å². The summed E-state index contributed by atoms with van der Waals surface area (Å²) in [6.07, 6.45) is 1.16. The molecule has 0 radical (unpaired) electrons. The van der Waals surface area contributed by atoms with E-state index in [1.165, 1.54) is 38.3 Å². The van der Waals surface area contributed by atoms with Crippen molar-refractivity contribution in [3.05, 3.63) is 34.3 Å². The van der Waals surface area contributed by atoms with Crippen molar-refractivity contribution in [3.8, 4) is 0 Å². The highest BCUT2D eigenvalue weighted by molar-refractivity contribution is 9.10. The van der Waals surface area contributed by atoms with E-state index in [4.69, 9.17) is 0 Å². The van der Waals surface area contributed by atoms with Crippen molar-refractivity contribution in [2.45, 2.75) is 32.7 Å². The van der Waals surface area contributed by atoms with E-state index < -0.39 is 0 Å². The Kier molecular flexibility index (Phi) is 5.04. The number of hydrogen-bond donors (Lipinski definition) is 0. The van der Waals surface area contributed by atoms with Crippen molar-refractivity contribution >= 4 is 15.9 Å². The molecule has 0 atom stereocenters. The van der Waals surface area contributed by atoms with E-state index in [9.17, 15) is 0 Å². The fraction of sp³-hybridized carbons (Fsp3) is 0.625. The molecule has 0 spiro atoms. The van der Waals surface area contributed by atoms with Gasteiger partial charge in [0.1, 0.15) is 0 Å². The SMILES string of the molecule is CC(C)(C)N1CCN(CCc2ccc(Br)cc2)CC1. The number of halogens is 1. The number of benzene rings is 1. The summed E-state index contributed by atoms with van der Waals surface area (Å²) in [6, 6.07) is 8.70. The molecule has 0 N–H and O–H groups in total. The lowest BCUT2D eigenvalue weighted by Gasteiger charge is -2.42. The predicted octanol–water partition coefficient (Wildman–Crippen LogP) is 3.41. The van der Waals surface area contributed by atoms with Gasteiger partial charge < -0.3 is 4.90 Å². The first-order valence-corrected chi connectivity index (χ1v) is 7.96. The molecule has 1 aromatic carbocycles. The Morgan fingerprint density at radius 2 is 1.58 bits per heavy atom. The first kappa shape index (κ1) is 15.0. The smallest absolute Gasteiger partial charge is 0.0175 e. The van der Waals surface area contributed by atoms with Crippen LogP contribution in [0.4, 0.5) is 0 Å². The molecule has 2 nitrogen and oxygen atoms in total. The van der Waals surface area contributed by atoms with Gasteiger partial charge in [-0.15, -0.1) is 0 Å². The lowest BCUT2D eigenvalue weighted by molar-refractivity contribution is 0.0629. The molecule has 0 aliphatic carbocycles. The maximum Gasteiger partial charge on any atom is 0.0175 e. The van der Waals surface area contributed by atoms with Gasteiger partial charge in [0.25, 0.3) is 0 Å². The average Bonchev–Trinajstić information content (AvgIpc) is 2.37. The molecule has 0 unspecified atom stereocenters. The standard InChI is InChI=1S/C16H25BrN2/c1-16(2,3)19-12-10-18(11-13-19)9-8-14-4-6-15(17)7-5-14/h4-7H,8-13H2,1-3H3. The zero-order chi connectivity index (χ0) is 13.9. The Labute approximate surface area is 125 Å². The van der Waals surface area contributed by atoms with Crippen LogP contribution in [-0.2, 0) is 6.42 Å². The van der Waals surface area contributed by atoms with Gasteiger partial charge in [-0.1, -0.05) is 28.1 Å². The van der Waals surface area contributed by atoms with Crippen molar-refractivity contribution in [2.24, 2.45) is 0 Å². The Balaban J connectivity index is 1.75. The lowest BCUT2D eigenvalue weighted by Crippen LogP contribution is -2.53. The van der Waals surface area contributed by atoms with Gasteiger partial charge in [-0.2, -0.15) is 0 Å². The average molecular weight is 325 g/mol. The molecule has 0 amide bonds. The maximum atomic E-state index is 3.48. The minimum Gasteiger partial charge on any atom is -0.300 e. The zero-order valence-electron chi connectivity index (χ0n) is 12.3. The fourth-order valence-corrected chi connectivity index (χ4v) is 2.84. The highest BCUT2D eigenvalue weighted by Crippen LogP contribution is 2.16. The molecule has 2 rings (SSSR count). The van der Waals surface area contributed by atoms with Gasteiger partial charge in [0.05, 0.1) is 0 Å². The molecule has 19 heavy (non-hydrogen) atoms. The molecule has 3 heteroatoms. The first-order chi connectivity index (χ1) is 8.95. The molecule has 0 bridgehead atoms. The first-order valence-electron chi connectivity index (χ1n) is 7.17. The van der Waals surface area contributed by atoms with Crippen molar-refractivity contribution in [1.29, 1.82) is 0 Å². The number of nitrogens with zero attached hydrogens (tertiary/aromatic N) is 2. The minimum atomic E-state index is 0.317. The second-order valence-corrected chi connectivity index (χ2v) is 7.29. The van der Waals surface area contributed by atoms with Crippen LogP contribution in [0, 0.1) is 0 Å². The summed E-state index contributed by atoms with van der Waals surface area (Å²) in [5, 5.41) is 0. The van der Waals surface area contributed by atoms with Crippen molar-refractivity contribution in [3.63, 3.8) is 0 Å². The third kappa shape index (κ3) is 4.59. The van der Waals surface area contributed by atoms with Crippen LogP contribution < -0.4 is 0 Å². The van der Waals surface area contributed by atoms with Crippen LogP contribution in [0.25, 0.3) is 0 Å². The van der Waals surface area contributed by atoms with Crippen molar-refractivity contribution < 1.29 is 0 Å². The van der Waals surface area contributed by atoms with E-state index in [0.717, 1.165) is 10.9 Å². The van der Waals surface area contributed by atoms with Gasteiger partial charge in [0.2, 0.25) is 0 Å². The Morgan fingerprint density at radius 3 is 2.11 bits per heavy atom. The van der Waals surface area contributed by atoms with E-state index in [0.29, 0.717) is 5.54 Å². The molecule has 1 aliphatic rings. The summed E-state index contributed by atoms with van der Waals surface area (Å²) in [4.78, 5) is 5.17. The molecule has 1 aromatic rings. The molecule has 0 saturated carbocycles. The van der Waals surface area contributed by atoms with Crippen LogP contribution in [0.5, 0.6) is 0 Å². The van der Waals surface area contributed by atoms with E-state index in [1.54, 1.807) is 0 Å². The van der Waals surface area contributed by atoms with Gasteiger partial charge in [-0.3, -0.25) is 4.90 Å². The second kappa shape index (κ2) is 6.38. The molecular weight excluding hydrogens is 300 g/mol. The van der Waals surface area contributed by atoms with Crippen molar-refractivity contribution in [2.75, 3.05) is 32.7 Å². The Hall–Kier alpha value is -0.380. The van der Waals surface area contributed by atoms with Gasteiger partial charge >= 0.3 is 0 Å². The summed E-state index contributed by atoms with van der Waals surface area (Å²) < 4.78 is 1.16. The third-order valence-corrected chi connectivity index (χ3v) is 4.48. The van der Waals surface area contributed by atoms with Crippen LogP contribution in [0.1, 0.15) is 26.3 Å². The Morgan fingerprint density at radius 1 is 1.00 bits per heavy atom. The Bertz CT molecular complexity index is 386. The number of piperazine rings is 1.